The second-order valence-corrected chi connectivity index (χ2v) is 3.76. The summed E-state index contributed by atoms with van der Waals surface area (Å²) in [5.74, 6) is 1.01. The zero-order valence-corrected chi connectivity index (χ0v) is 8.58. The van der Waals surface area contributed by atoms with Gasteiger partial charge in [-0.25, -0.2) is 4.98 Å². The third kappa shape index (κ3) is 1.50. The summed E-state index contributed by atoms with van der Waals surface area (Å²) < 4.78 is 0. The average molecular weight is 190 g/mol. The van der Waals surface area contributed by atoms with Crippen LogP contribution in [-0.2, 0) is 6.42 Å². The molecule has 1 aliphatic rings. The lowest BCUT2D eigenvalue weighted by Crippen LogP contribution is -2.26. The van der Waals surface area contributed by atoms with Crippen molar-refractivity contribution in [2.24, 2.45) is 0 Å². The van der Waals surface area contributed by atoms with E-state index in [0.717, 1.165) is 18.8 Å². The fourth-order valence-corrected chi connectivity index (χ4v) is 1.81. The highest BCUT2D eigenvalue weighted by atomic mass is 16.1. The van der Waals surface area contributed by atoms with Gasteiger partial charge in [-0.2, -0.15) is 0 Å². The number of hydrogen-bond donors (Lipinski definition) is 0. The Balaban J connectivity index is 2.45. The van der Waals surface area contributed by atoms with Gasteiger partial charge in [-0.3, -0.25) is 4.79 Å². The number of rotatable bonds is 1. The maximum atomic E-state index is 11.2. The molecule has 74 valence electrons. The van der Waals surface area contributed by atoms with Crippen LogP contribution < -0.4 is 4.90 Å². The summed E-state index contributed by atoms with van der Waals surface area (Å²) in [6.45, 7) is 2.58. The lowest BCUT2D eigenvalue weighted by Gasteiger charge is -2.26. The van der Waals surface area contributed by atoms with Crippen molar-refractivity contribution in [3.8, 4) is 0 Å². The number of aromatic nitrogens is 1. The second-order valence-electron chi connectivity index (χ2n) is 3.76. The summed E-state index contributed by atoms with van der Waals surface area (Å²) in [4.78, 5) is 17.6. The second kappa shape index (κ2) is 3.40. The van der Waals surface area contributed by atoms with E-state index in [9.17, 15) is 4.79 Å². The predicted molar refractivity (Wildman–Crippen MR) is 55.8 cm³/mol. The van der Waals surface area contributed by atoms with E-state index in [-0.39, 0.29) is 5.78 Å². The Hall–Kier alpha value is -1.38. The normalized spacial score (nSPS) is 15.1. The molecule has 0 spiro atoms. The molecule has 3 heteroatoms. The number of ketones is 1. The van der Waals surface area contributed by atoms with Gasteiger partial charge in [0.2, 0.25) is 0 Å². The molecule has 0 unspecified atom stereocenters. The molecule has 1 aromatic heterocycles. The molecule has 2 rings (SSSR count). The number of Topliss-reactive ketones (excluding diaryl/α,β-unsaturated/α-hetero) is 1. The first-order valence-electron chi connectivity index (χ1n) is 4.90. The lowest BCUT2D eigenvalue weighted by atomic mass is 10.1. The van der Waals surface area contributed by atoms with E-state index in [2.05, 4.69) is 9.88 Å². The zero-order chi connectivity index (χ0) is 10.1. The fourth-order valence-electron chi connectivity index (χ4n) is 1.81. The van der Waals surface area contributed by atoms with Gasteiger partial charge >= 0.3 is 0 Å². The number of anilines is 1. The number of carbonyl (C=O) groups excluding carboxylic acids is 1. The minimum absolute atomic E-state index is 0.0340. The Morgan fingerprint density at radius 3 is 3.00 bits per heavy atom. The molecule has 2 heterocycles. The van der Waals surface area contributed by atoms with Crippen LogP contribution in [0.4, 0.5) is 5.82 Å². The van der Waals surface area contributed by atoms with Crippen LogP contribution in [-0.4, -0.2) is 24.4 Å². The van der Waals surface area contributed by atoms with Gasteiger partial charge in [0.15, 0.2) is 5.78 Å². The predicted octanol–water partition coefficient (Wildman–Crippen LogP) is 1.67. The summed E-state index contributed by atoms with van der Waals surface area (Å²) >= 11 is 0. The molecule has 1 aromatic rings. The van der Waals surface area contributed by atoms with Gasteiger partial charge in [-0.05, 0) is 24.5 Å². The first-order valence-corrected chi connectivity index (χ1v) is 4.90. The Kier molecular flexibility index (Phi) is 2.23. The number of aryl methyl sites for hydroxylation is 1. The van der Waals surface area contributed by atoms with Crippen LogP contribution in [0.15, 0.2) is 12.1 Å². The van der Waals surface area contributed by atoms with E-state index >= 15 is 0 Å². The molecular weight excluding hydrogens is 176 g/mol. The van der Waals surface area contributed by atoms with Gasteiger partial charge in [0.05, 0.1) is 0 Å². The standard InChI is InChI=1S/C11H14N2O/c1-8(14)10-6-5-9-4-3-7-13(2)11(9)12-10/h5-6H,3-4,7H2,1-2H3. The third-order valence-corrected chi connectivity index (χ3v) is 2.62. The first kappa shape index (κ1) is 9.19. The molecule has 0 fully saturated rings. The van der Waals surface area contributed by atoms with Crippen LogP contribution in [0.2, 0.25) is 0 Å². The highest BCUT2D eigenvalue weighted by molar-refractivity contribution is 5.92. The van der Waals surface area contributed by atoms with Crippen molar-refractivity contribution in [3.05, 3.63) is 23.4 Å². The van der Waals surface area contributed by atoms with Gasteiger partial charge < -0.3 is 4.90 Å². The van der Waals surface area contributed by atoms with Crippen LogP contribution >= 0.6 is 0 Å². The summed E-state index contributed by atoms with van der Waals surface area (Å²) in [7, 11) is 2.02. The molecule has 0 N–H and O–H groups in total. The van der Waals surface area contributed by atoms with Crippen molar-refractivity contribution in [2.75, 3.05) is 18.5 Å². The van der Waals surface area contributed by atoms with E-state index in [1.54, 1.807) is 6.92 Å². The maximum Gasteiger partial charge on any atom is 0.178 e. The molecule has 0 bridgehead atoms. The number of nitrogens with zero attached hydrogens (tertiary/aromatic N) is 2. The van der Waals surface area contributed by atoms with Crippen molar-refractivity contribution >= 4 is 11.6 Å². The molecule has 3 nitrogen and oxygen atoms in total. The van der Waals surface area contributed by atoms with Gasteiger partial charge in [0.1, 0.15) is 11.5 Å². The minimum atomic E-state index is 0.0340. The Morgan fingerprint density at radius 1 is 1.50 bits per heavy atom. The minimum Gasteiger partial charge on any atom is -0.359 e. The van der Waals surface area contributed by atoms with Gasteiger partial charge in [0, 0.05) is 20.5 Å². The highest BCUT2D eigenvalue weighted by Gasteiger charge is 2.16. The summed E-state index contributed by atoms with van der Waals surface area (Å²) in [5.41, 5.74) is 1.82. The average Bonchev–Trinajstić information content (AvgIpc) is 2.18. The SMILES string of the molecule is CC(=O)c1ccc2c(n1)N(C)CCC2. The molecule has 0 amide bonds. The number of hydrogen-bond acceptors (Lipinski definition) is 3. The molecule has 0 radical (unpaired) electrons. The van der Waals surface area contributed by atoms with Crippen LogP contribution in [0.3, 0.4) is 0 Å². The van der Waals surface area contributed by atoms with Crippen molar-refractivity contribution in [1.82, 2.24) is 4.98 Å². The van der Waals surface area contributed by atoms with Crippen molar-refractivity contribution in [1.29, 1.82) is 0 Å². The molecule has 0 saturated heterocycles. The summed E-state index contributed by atoms with van der Waals surface area (Å²) in [5, 5.41) is 0. The van der Waals surface area contributed by atoms with Crippen molar-refractivity contribution in [3.63, 3.8) is 0 Å². The fraction of sp³-hybridized carbons (Fsp3) is 0.455. The molecule has 0 saturated carbocycles. The smallest absolute Gasteiger partial charge is 0.178 e. The van der Waals surface area contributed by atoms with Crippen LogP contribution in [0.5, 0.6) is 0 Å². The van der Waals surface area contributed by atoms with E-state index < -0.39 is 0 Å². The molecule has 0 aliphatic carbocycles. The number of fused-ring (bicyclic) bond motifs is 1. The molecule has 0 aromatic carbocycles. The van der Waals surface area contributed by atoms with E-state index in [1.165, 1.54) is 12.0 Å². The molecular formula is C11H14N2O. The number of pyridine rings is 1. The zero-order valence-electron chi connectivity index (χ0n) is 8.58. The topological polar surface area (TPSA) is 33.2 Å². The van der Waals surface area contributed by atoms with Crippen LogP contribution in [0, 0.1) is 0 Å². The van der Waals surface area contributed by atoms with Crippen molar-refractivity contribution < 1.29 is 4.79 Å². The van der Waals surface area contributed by atoms with Gasteiger partial charge in [-0.15, -0.1) is 0 Å². The van der Waals surface area contributed by atoms with Gasteiger partial charge in [-0.1, -0.05) is 6.07 Å². The van der Waals surface area contributed by atoms with E-state index in [1.807, 2.05) is 19.2 Å². The van der Waals surface area contributed by atoms with E-state index in [0.29, 0.717) is 5.69 Å². The molecule has 14 heavy (non-hydrogen) atoms. The maximum absolute atomic E-state index is 11.2. The summed E-state index contributed by atoms with van der Waals surface area (Å²) in [6.07, 6.45) is 2.25. The monoisotopic (exact) mass is 190 g/mol. The Labute approximate surface area is 83.8 Å². The Morgan fingerprint density at radius 2 is 2.29 bits per heavy atom. The molecule has 0 atom stereocenters. The lowest BCUT2D eigenvalue weighted by molar-refractivity contribution is 0.101. The first-order chi connectivity index (χ1) is 6.68. The Bertz CT molecular complexity index is 374. The van der Waals surface area contributed by atoms with Crippen LogP contribution in [0.1, 0.15) is 29.4 Å². The van der Waals surface area contributed by atoms with E-state index in [4.69, 9.17) is 0 Å². The van der Waals surface area contributed by atoms with Crippen LogP contribution in [0.25, 0.3) is 0 Å². The summed E-state index contributed by atoms with van der Waals surface area (Å²) in [6, 6.07) is 3.84. The quantitative estimate of drug-likeness (QED) is 0.631. The van der Waals surface area contributed by atoms with Gasteiger partial charge in [0.25, 0.3) is 0 Å². The largest absolute Gasteiger partial charge is 0.359 e. The number of carbonyl (C=O) groups is 1. The third-order valence-electron chi connectivity index (χ3n) is 2.62. The van der Waals surface area contributed by atoms with Crippen molar-refractivity contribution in [2.45, 2.75) is 19.8 Å². The molecule has 1 aliphatic heterocycles. The highest BCUT2D eigenvalue weighted by Crippen LogP contribution is 2.23.